The van der Waals surface area contributed by atoms with E-state index in [9.17, 15) is 27.6 Å². The minimum atomic E-state index is -4.84. The van der Waals surface area contributed by atoms with Crippen LogP contribution >= 0.6 is 0 Å². The molecule has 1 fully saturated rings. The molecule has 0 spiro atoms. The second-order valence-electron chi connectivity index (χ2n) is 3.98. The Balaban J connectivity index is 2.44. The summed E-state index contributed by atoms with van der Waals surface area (Å²) in [6.07, 6.45) is -7.53. The van der Waals surface area contributed by atoms with E-state index in [1.807, 2.05) is 0 Å². The Kier molecular flexibility index (Phi) is 4.35. The van der Waals surface area contributed by atoms with Crippen molar-refractivity contribution in [1.29, 1.82) is 0 Å². The number of aliphatic hydroxyl groups excluding tert-OH is 1. The average Bonchev–Trinajstić information content (AvgIpc) is 2.51. The second kappa shape index (κ2) is 5.43. The van der Waals surface area contributed by atoms with Crippen molar-refractivity contribution >= 4 is 17.8 Å². The standard InChI is InChI=1S/C9H12F3N3O4/c1-14-4-7(18)15(8(14)19)3-6(17)13-2-5(16)9(10,11)12/h5,16H,2-4H2,1H3,(H,13,17). The molecule has 1 aliphatic rings. The van der Waals surface area contributed by atoms with E-state index in [2.05, 4.69) is 0 Å². The van der Waals surface area contributed by atoms with Crippen molar-refractivity contribution in [1.82, 2.24) is 15.1 Å². The second-order valence-corrected chi connectivity index (χ2v) is 3.98. The lowest BCUT2D eigenvalue weighted by Crippen LogP contribution is -2.45. The Hall–Kier alpha value is -1.84. The van der Waals surface area contributed by atoms with Gasteiger partial charge in [0.05, 0.1) is 6.54 Å². The first-order chi connectivity index (χ1) is 8.62. The molecule has 1 aliphatic heterocycles. The molecule has 19 heavy (non-hydrogen) atoms. The van der Waals surface area contributed by atoms with E-state index >= 15 is 0 Å². The first kappa shape index (κ1) is 15.2. The third-order valence-electron chi connectivity index (χ3n) is 2.40. The van der Waals surface area contributed by atoms with Crippen molar-refractivity contribution in [3.63, 3.8) is 0 Å². The number of amides is 4. The van der Waals surface area contributed by atoms with Crippen LogP contribution in [0, 0.1) is 0 Å². The van der Waals surface area contributed by atoms with Gasteiger partial charge in [-0.1, -0.05) is 0 Å². The Labute approximate surface area is 105 Å². The van der Waals surface area contributed by atoms with Crippen molar-refractivity contribution in [3.8, 4) is 0 Å². The fourth-order valence-electron chi connectivity index (χ4n) is 1.35. The number of halogens is 3. The van der Waals surface area contributed by atoms with Crippen molar-refractivity contribution < 1.29 is 32.7 Å². The number of nitrogens with zero attached hydrogens (tertiary/aromatic N) is 2. The van der Waals surface area contributed by atoms with Crippen LogP contribution in [-0.4, -0.2) is 71.7 Å². The number of carbonyl (C=O) groups is 3. The minimum absolute atomic E-state index is 0.183. The Bertz CT molecular complexity index is 399. The van der Waals surface area contributed by atoms with Gasteiger partial charge in [0.25, 0.3) is 5.91 Å². The predicted molar refractivity (Wildman–Crippen MR) is 54.8 cm³/mol. The molecule has 0 aromatic carbocycles. The van der Waals surface area contributed by atoms with Crippen molar-refractivity contribution in [2.45, 2.75) is 12.3 Å². The average molecular weight is 283 g/mol. The maximum absolute atomic E-state index is 12.0. The largest absolute Gasteiger partial charge is 0.416 e. The highest BCUT2D eigenvalue weighted by Gasteiger charge is 2.39. The fourth-order valence-corrected chi connectivity index (χ4v) is 1.35. The molecule has 0 saturated carbocycles. The molecule has 1 unspecified atom stereocenters. The highest BCUT2D eigenvalue weighted by Crippen LogP contribution is 2.19. The number of alkyl halides is 3. The number of hydrogen-bond donors (Lipinski definition) is 2. The van der Waals surface area contributed by atoms with Gasteiger partial charge in [0.1, 0.15) is 13.1 Å². The van der Waals surface area contributed by atoms with Crippen LogP contribution in [0.2, 0.25) is 0 Å². The molecular weight excluding hydrogens is 271 g/mol. The van der Waals surface area contributed by atoms with Gasteiger partial charge >= 0.3 is 12.2 Å². The lowest BCUT2D eigenvalue weighted by atomic mass is 10.3. The summed E-state index contributed by atoms with van der Waals surface area (Å²) >= 11 is 0. The maximum atomic E-state index is 12.0. The molecule has 108 valence electrons. The quantitative estimate of drug-likeness (QED) is 0.642. The van der Waals surface area contributed by atoms with E-state index < -0.39 is 43.2 Å². The normalized spacial score (nSPS) is 17.9. The first-order valence-corrected chi connectivity index (χ1v) is 5.20. The van der Waals surface area contributed by atoms with Crippen LogP contribution < -0.4 is 5.32 Å². The van der Waals surface area contributed by atoms with Gasteiger partial charge in [-0.2, -0.15) is 13.2 Å². The van der Waals surface area contributed by atoms with Crippen molar-refractivity contribution in [2.24, 2.45) is 0 Å². The maximum Gasteiger partial charge on any atom is 0.416 e. The summed E-state index contributed by atoms with van der Waals surface area (Å²) in [6, 6.07) is -0.698. The minimum Gasteiger partial charge on any atom is -0.382 e. The van der Waals surface area contributed by atoms with E-state index in [1.54, 1.807) is 5.32 Å². The van der Waals surface area contributed by atoms with Crippen LogP contribution in [0.1, 0.15) is 0 Å². The van der Waals surface area contributed by atoms with Crippen LogP contribution in [-0.2, 0) is 9.59 Å². The number of aliphatic hydroxyl groups is 1. The molecule has 0 aromatic rings. The van der Waals surface area contributed by atoms with E-state index in [0.29, 0.717) is 4.90 Å². The molecule has 4 amide bonds. The van der Waals surface area contributed by atoms with E-state index in [4.69, 9.17) is 5.11 Å². The van der Waals surface area contributed by atoms with Gasteiger partial charge in [0.15, 0.2) is 6.10 Å². The molecule has 0 aliphatic carbocycles. The smallest absolute Gasteiger partial charge is 0.382 e. The van der Waals surface area contributed by atoms with Gasteiger partial charge < -0.3 is 15.3 Å². The zero-order valence-electron chi connectivity index (χ0n) is 9.90. The van der Waals surface area contributed by atoms with Crippen LogP contribution in [0.4, 0.5) is 18.0 Å². The third kappa shape index (κ3) is 3.81. The SMILES string of the molecule is CN1CC(=O)N(CC(=O)NCC(O)C(F)(F)F)C1=O. The van der Waals surface area contributed by atoms with Gasteiger partial charge in [-0.15, -0.1) is 0 Å². The molecule has 0 radical (unpaired) electrons. The van der Waals surface area contributed by atoms with E-state index in [-0.39, 0.29) is 6.54 Å². The van der Waals surface area contributed by atoms with Gasteiger partial charge in [-0.05, 0) is 0 Å². The number of hydrogen-bond acceptors (Lipinski definition) is 4. The number of likely N-dealkylation sites (N-methyl/N-ethyl adjacent to an activating group) is 1. The van der Waals surface area contributed by atoms with Crippen LogP contribution in [0.15, 0.2) is 0 Å². The molecule has 0 bridgehead atoms. The van der Waals surface area contributed by atoms with Crippen LogP contribution in [0.5, 0.6) is 0 Å². The summed E-state index contributed by atoms with van der Waals surface area (Å²) in [4.78, 5) is 35.6. The van der Waals surface area contributed by atoms with Gasteiger partial charge in [-0.25, -0.2) is 4.79 Å². The molecule has 2 N–H and O–H groups in total. The third-order valence-corrected chi connectivity index (χ3v) is 2.40. The Morgan fingerprint density at radius 2 is 2.05 bits per heavy atom. The van der Waals surface area contributed by atoms with E-state index in [0.717, 1.165) is 4.90 Å². The van der Waals surface area contributed by atoms with Crippen LogP contribution in [0.3, 0.4) is 0 Å². The highest BCUT2D eigenvalue weighted by atomic mass is 19.4. The highest BCUT2D eigenvalue weighted by molar-refractivity contribution is 6.04. The summed E-state index contributed by atoms with van der Waals surface area (Å²) in [7, 11) is 1.35. The zero-order chi connectivity index (χ0) is 14.8. The number of nitrogens with one attached hydrogen (secondary N) is 1. The lowest BCUT2D eigenvalue weighted by molar-refractivity contribution is -0.201. The molecule has 10 heteroatoms. The van der Waals surface area contributed by atoms with Crippen molar-refractivity contribution in [3.05, 3.63) is 0 Å². The predicted octanol–water partition coefficient (Wildman–Crippen LogP) is -1.08. The summed E-state index contributed by atoms with van der Waals surface area (Å²) < 4.78 is 35.9. The topological polar surface area (TPSA) is 90.0 Å². The molecule has 7 nitrogen and oxygen atoms in total. The molecule has 0 aromatic heterocycles. The summed E-state index contributed by atoms with van der Waals surface area (Å²) in [5.41, 5.74) is 0. The number of urea groups is 1. The number of rotatable bonds is 4. The summed E-state index contributed by atoms with van der Waals surface area (Å²) in [5.74, 6) is -1.57. The molecule has 1 rings (SSSR count). The summed E-state index contributed by atoms with van der Waals surface area (Å²) in [6.45, 7) is -1.89. The van der Waals surface area contributed by atoms with Crippen molar-refractivity contribution in [2.75, 3.05) is 26.7 Å². The van der Waals surface area contributed by atoms with Gasteiger partial charge in [0.2, 0.25) is 5.91 Å². The van der Waals surface area contributed by atoms with E-state index in [1.165, 1.54) is 7.05 Å². The first-order valence-electron chi connectivity index (χ1n) is 5.20. The van der Waals surface area contributed by atoms with Gasteiger partial charge in [0, 0.05) is 7.05 Å². The molecule has 1 heterocycles. The molecule has 1 saturated heterocycles. The molecule has 1 atom stereocenters. The lowest BCUT2D eigenvalue weighted by Gasteiger charge is -2.17. The summed E-state index contributed by atoms with van der Waals surface area (Å²) in [5, 5.41) is 10.4. The Morgan fingerprint density at radius 1 is 1.47 bits per heavy atom. The zero-order valence-corrected chi connectivity index (χ0v) is 9.90. The van der Waals surface area contributed by atoms with Crippen LogP contribution in [0.25, 0.3) is 0 Å². The monoisotopic (exact) mass is 283 g/mol. The Morgan fingerprint density at radius 3 is 2.47 bits per heavy atom. The number of carbonyl (C=O) groups excluding carboxylic acids is 3. The fraction of sp³-hybridized carbons (Fsp3) is 0.667. The number of imide groups is 1. The molecular formula is C9H12F3N3O4. The van der Waals surface area contributed by atoms with Gasteiger partial charge in [-0.3, -0.25) is 14.5 Å².